The average Bonchev–Trinajstić information content (AvgIpc) is 2.52. The van der Waals surface area contributed by atoms with Crippen LogP contribution in [0.15, 0.2) is 42.5 Å². The van der Waals surface area contributed by atoms with Gasteiger partial charge in [0.15, 0.2) is 6.29 Å². The van der Waals surface area contributed by atoms with Crippen LogP contribution in [0.4, 0.5) is 0 Å². The second-order valence-electron chi connectivity index (χ2n) is 4.89. The summed E-state index contributed by atoms with van der Waals surface area (Å²) in [4.78, 5) is 0. The molecule has 0 fully saturated rings. The first-order chi connectivity index (χ1) is 10.3. The van der Waals surface area contributed by atoms with E-state index in [0.29, 0.717) is 13.2 Å². The predicted octanol–water partition coefficient (Wildman–Crippen LogP) is 2.61. The van der Waals surface area contributed by atoms with E-state index in [9.17, 15) is 0 Å². The summed E-state index contributed by atoms with van der Waals surface area (Å²) >= 11 is 0. The molecule has 0 amide bonds. The maximum Gasteiger partial charge on any atom is 0.174 e. The molecule has 4 heteroatoms. The highest BCUT2D eigenvalue weighted by Gasteiger charge is 2.22. The number of nitrogens with one attached hydrogen (secondary N) is 1. The second kappa shape index (κ2) is 8.10. The largest absolute Gasteiger partial charge is 0.351 e. The van der Waals surface area contributed by atoms with E-state index in [2.05, 4.69) is 41.8 Å². The highest BCUT2D eigenvalue weighted by Crippen LogP contribution is 2.21. The van der Waals surface area contributed by atoms with Crippen LogP contribution in [-0.4, -0.2) is 25.5 Å². The van der Waals surface area contributed by atoms with Gasteiger partial charge in [-0.15, -0.1) is 0 Å². The molecule has 0 heterocycles. The molecule has 0 bridgehead atoms. The molecule has 4 nitrogen and oxygen atoms in total. The average molecular weight is 288 g/mol. The quantitative estimate of drug-likeness (QED) is 0.445. The fraction of sp³-hybridized carbons (Fsp3) is 0.412. The lowest BCUT2D eigenvalue weighted by Crippen LogP contribution is -2.48. The van der Waals surface area contributed by atoms with E-state index in [-0.39, 0.29) is 12.3 Å². The number of rotatable bonds is 8. The molecule has 21 heavy (non-hydrogen) atoms. The highest BCUT2D eigenvalue weighted by atomic mass is 16.7. The SMILES string of the molecule is CCOC(OCC)C(Cc1cccc2ccccc12)NN. The minimum absolute atomic E-state index is 0.0873. The molecule has 1 atom stereocenters. The normalized spacial score (nSPS) is 13.0. The molecule has 0 aliphatic heterocycles. The van der Waals surface area contributed by atoms with Crippen LogP contribution in [0.5, 0.6) is 0 Å². The highest BCUT2D eigenvalue weighted by molar-refractivity contribution is 5.85. The Morgan fingerprint density at radius 1 is 1.00 bits per heavy atom. The van der Waals surface area contributed by atoms with Gasteiger partial charge >= 0.3 is 0 Å². The summed E-state index contributed by atoms with van der Waals surface area (Å²) in [5.74, 6) is 5.72. The topological polar surface area (TPSA) is 56.5 Å². The molecule has 3 N–H and O–H groups in total. The van der Waals surface area contributed by atoms with Crippen LogP contribution in [0.2, 0.25) is 0 Å². The van der Waals surface area contributed by atoms with Crippen LogP contribution < -0.4 is 11.3 Å². The molecule has 114 valence electrons. The van der Waals surface area contributed by atoms with Crippen molar-refractivity contribution in [3.63, 3.8) is 0 Å². The Morgan fingerprint density at radius 3 is 2.33 bits per heavy atom. The van der Waals surface area contributed by atoms with Gasteiger partial charge in [-0.25, -0.2) is 0 Å². The first kappa shape index (κ1) is 15.9. The van der Waals surface area contributed by atoms with Gasteiger partial charge in [-0.2, -0.15) is 0 Å². The third kappa shape index (κ3) is 4.02. The lowest BCUT2D eigenvalue weighted by Gasteiger charge is -2.26. The molecule has 0 saturated heterocycles. The summed E-state index contributed by atoms with van der Waals surface area (Å²) in [5.41, 5.74) is 4.07. The molecule has 0 saturated carbocycles. The maximum atomic E-state index is 5.72. The third-order valence-corrected chi connectivity index (χ3v) is 3.52. The molecule has 2 aromatic rings. The van der Waals surface area contributed by atoms with E-state index in [1.54, 1.807) is 0 Å². The molecular weight excluding hydrogens is 264 g/mol. The monoisotopic (exact) mass is 288 g/mol. The Morgan fingerprint density at radius 2 is 1.67 bits per heavy atom. The van der Waals surface area contributed by atoms with E-state index in [1.807, 2.05) is 19.9 Å². The fourth-order valence-corrected chi connectivity index (χ4v) is 2.55. The van der Waals surface area contributed by atoms with Crippen molar-refractivity contribution in [2.24, 2.45) is 5.84 Å². The van der Waals surface area contributed by atoms with Gasteiger partial charge in [-0.1, -0.05) is 42.5 Å². The summed E-state index contributed by atoms with van der Waals surface area (Å²) in [6.07, 6.45) is 0.409. The minimum Gasteiger partial charge on any atom is -0.351 e. The van der Waals surface area contributed by atoms with Gasteiger partial charge in [0.25, 0.3) is 0 Å². The van der Waals surface area contributed by atoms with E-state index in [1.165, 1.54) is 16.3 Å². The van der Waals surface area contributed by atoms with Crippen LogP contribution >= 0.6 is 0 Å². The van der Waals surface area contributed by atoms with Crippen molar-refractivity contribution in [2.45, 2.75) is 32.6 Å². The number of nitrogens with two attached hydrogens (primary N) is 1. The van der Waals surface area contributed by atoms with E-state index < -0.39 is 0 Å². The van der Waals surface area contributed by atoms with Gasteiger partial charge in [0.05, 0.1) is 6.04 Å². The lowest BCUT2D eigenvalue weighted by atomic mass is 9.99. The zero-order chi connectivity index (χ0) is 15.1. The van der Waals surface area contributed by atoms with Gasteiger partial charge in [-0.05, 0) is 36.6 Å². The molecule has 0 aliphatic carbocycles. The van der Waals surface area contributed by atoms with Gasteiger partial charge < -0.3 is 9.47 Å². The van der Waals surface area contributed by atoms with Crippen molar-refractivity contribution in [3.05, 3.63) is 48.0 Å². The van der Waals surface area contributed by atoms with Crippen molar-refractivity contribution in [2.75, 3.05) is 13.2 Å². The first-order valence-electron chi connectivity index (χ1n) is 7.46. The van der Waals surface area contributed by atoms with E-state index >= 15 is 0 Å². The van der Waals surface area contributed by atoms with Crippen molar-refractivity contribution in [1.82, 2.24) is 5.43 Å². The second-order valence-corrected chi connectivity index (χ2v) is 4.89. The van der Waals surface area contributed by atoms with Crippen molar-refractivity contribution >= 4 is 10.8 Å². The minimum atomic E-state index is -0.344. The first-order valence-corrected chi connectivity index (χ1v) is 7.46. The van der Waals surface area contributed by atoms with Crippen LogP contribution in [0.3, 0.4) is 0 Å². The molecule has 2 aromatic carbocycles. The molecular formula is C17H24N2O2. The maximum absolute atomic E-state index is 5.72. The van der Waals surface area contributed by atoms with Gasteiger partial charge in [-0.3, -0.25) is 11.3 Å². The van der Waals surface area contributed by atoms with Gasteiger partial charge in [0.2, 0.25) is 0 Å². The van der Waals surface area contributed by atoms with Crippen LogP contribution in [-0.2, 0) is 15.9 Å². The number of ether oxygens (including phenoxy) is 2. The van der Waals surface area contributed by atoms with Crippen molar-refractivity contribution in [3.8, 4) is 0 Å². The molecule has 1 unspecified atom stereocenters. The zero-order valence-corrected chi connectivity index (χ0v) is 12.7. The van der Waals surface area contributed by atoms with Gasteiger partial charge in [0.1, 0.15) is 0 Å². The van der Waals surface area contributed by atoms with E-state index in [4.69, 9.17) is 15.3 Å². The number of benzene rings is 2. The molecule has 0 aromatic heterocycles. The van der Waals surface area contributed by atoms with Crippen molar-refractivity contribution in [1.29, 1.82) is 0 Å². The molecule has 0 radical (unpaired) electrons. The number of fused-ring (bicyclic) bond motifs is 1. The fourth-order valence-electron chi connectivity index (χ4n) is 2.55. The van der Waals surface area contributed by atoms with E-state index in [0.717, 1.165) is 6.42 Å². The molecule has 0 spiro atoms. The standard InChI is InChI=1S/C17H24N2O2/c1-3-20-17(21-4-2)16(19-18)12-14-10-7-9-13-8-5-6-11-15(13)14/h5-11,16-17,19H,3-4,12,18H2,1-2H3. The summed E-state index contributed by atoms with van der Waals surface area (Å²) in [6.45, 7) is 5.10. The Kier molecular flexibility index (Phi) is 6.14. The third-order valence-electron chi connectivity index (χ3n) is 3.52. The van der Waals surface area contributed by atoms with Crippen LogP contribution in [0.25, 0.3) is 10.8 Å². The summed E-state index contributed by atoms with van der Waals surface area (Å²) in [6, 6.07) is 14.6. The Bertz CT molecular complexity index is 548. The zero-order valence-electron chi connectivity index (χ0n) is 12.7. The molecule has 0 aliphatic rings. The summed E-state index contributed by atoms with van der Waals surface area (Å²) in [7, 11) is 0. The van der Waals surface area contributed by atoms with Crippen LogP contribution in [0.1, 0.15) is 19.4 Å². The number of hydrazine groups is 1. The Balaban J connectivity index is 2.23. The Labute approximate surface area is 126 Å². The predicted molar refractivity (Wildman–Crippen MR) is 85.8 cm³/mol. The van der Waals surface area contributed by atoms with Gasteiger partial charge in [0, 0.05) is 13.2 Å². The number of hydrogen-bond acceptors (Lipinski definition) is 4. The Hall–Kier alpha value is -1.46. The lowest BCUT2D eigenvalue weighted by molar-refractivity contribution is -0.153. The smallest absolute Gasteiger partial charge is 0.174 e. The van der Waals surface area contributed by atoms with Crippen LogP contribution in [0, 0.1) is 0 Å². The summed E-state index contributed by atoms with van der Waals surface area (Å²) in [5, 5.41) is 2.47. The molecule has 2 rings (SSSR count). The van der Waals surface area contributed by atoms with Crippen molar-refractivity contribution < 1.29 is 9.47 Å². The number of hydrogen-bond donors (Lipinski definition) is 2. The summed E-state index contributed by atoms with van der Waals surface area (Å²) < 4.78 is 11.3.